The van der Waals surface area contributed by atoms with E-state index >= 15 is 0 Å². The van der Waals surface area contributed by atoms with Crippen molar-refractivity contribution in [3.05, 3.63) is 54.5 Å². The molecule has 1 aliphatic rings. The molecule has 1 N–H and O–H groups in total. The van der Waals surface area contributed by atoms with Crippen LogP contribution in [0.15, 0.2) is 48.9 Å². The van der Waals surface area contributed by atoms with E-state index in [1.165, 1.54) is 0 Å². The van der Waals surface area contributed by atoms with E-state index in [-0.39, 0.29) is 0 Å². The molecule has 0 saturated heterocycles. The fraction of sp³-hybridized carbons (Fsp3) is 0.429. The summed E-state index contributed by atoms with van der Waals surface area (Å²) >= 11 is 0. The number of hydrogen-bond donors (Lipinski definition) is 1. The van der Waals surface area contributed by atoms with E-state index < -0.39 is 5.60 Å². The van der Waals surface area contributed by atoms with Crippen LogP contribution >= 0.6 is 0 Å². The summed E-state index contributed by atoms with van der Waals surface area (Å²) in [5.41, 5.74) is 3.74. The second-order valence-electron chi connectivity index (χ2n) is 7.57. The first-order valence-corrected chi connectivity index (χ1v) is 9.42. The molecule has 136 valence electrons. The van der Waals surface area contributed by atoms with Gasteiger partial charge in [0.15, 0.2) is 5.65 Å². The van der Waals surface area contributed by atoms with Crippen LogP contribution in [0, 0.1) is 0 Å². The third kappa shape index (κ3) is 3.64. The second-order valence-corrected chi connectivity index (χ2v) is 7.57. The van der Waals surface area contributed by atoms with Gasteiger partial charge in [-0.2, -0.15) is 5.10 Å². The molecule has 0 radical (unpaired) electrons. The van der Waals surface area contributed by atoms with Crippen LogP contribution in [0.5, 0.6) is 0 Å². The highest BCUT2D eigenvalue weighted by Gasteiger charge is 2.30. The molecule has 2 aromatic heterocycles. The lowest BCUT2D eigenvalue weighted by Crippen LogP contribution is -2.31. The van der Waals surface area contributed by atoms with Crippen molar-refractivity contribution in [3.63, 3.8) is 0 Å². The Morgan fingerprint density at radius 1 is 1.15 bits per heavy atom. The Hall–Kier alpha value is -2.24. The standard InChI is InChI=1S/C21H26N4O/c1-24(12-11-21(26)9-5-6-10-21)15-17-13-22-20-19(14-23-25(20)16-17)18-7-3-2-4-8-18/h2-4,7-8,13-14,16,26H,5-6,9-12,15H2,1H3. The molecule has 0 spiro atoms. The van der Waals surface area contributed by atoms with Gasteiger partial charge < -0.3 is 10.0 Å². The van der Waals surface area contributed by atoms with Crippen molar-refractivity contribution in [1.29, 1.82) is 0 Å². The first-order chi connectivity index (χ1) is 12.6. The number of hydrogen-bond acceptors (Lipinski definition) is 4. The molecule has 5 heteroatoms. The molecule has 0 amide bonds. The SMILES string of the molecule is CN(CCC1(O)CCCC1)Cc1cnc2c(-c3ccccc3)cnn2c1. The van der Waals surface area contributed by atoms with Crippen LogP contribution in [-0.2, 0) is 6.54 Å². The van der Waals surface area contributed by atoms with Gasteiger partial charge in [0, 0.05) is 36.6 Å². The van der Waals surface area contributed by atoms with E-state index in [1.807, 2.05) is 35.1 Å². The van der Waals surface area contributed by atoms with Crippen molar-refractivity contribution in [2.75, 3.05) is 13.6 Å². The van der Waals surface area contributed by atoms with Crippen LogP contribution in [-0.4, -0.2) is 43.8 Å². The first-order valence-electron chi connectivity index (χ1n) is 9.42. The molecule has 4 rings (SSSR count). The predicted molar refractivity (Wildman–Crippen MR) is 103 cm³/mol. The molecule has 1 aliphatic carbocycles. The maximum Gasteiger partial charge on any atom is 0.162 e. The molecule has 1 aromatic carbocycles. The predicted octanol–water partition coefficient (Wildman–Crippen LogP) is 3.52. The summed E-state index contributed by atoms with van der Waals surface area (Å²) in [4.78, 5) is 6.90. The zero-order chi connectivity index (χ0) is 18.0. The Bertz CT molecular complexity index is 868. The fourth-order valence-corrected chi connectivity index (χ4v) is 3.89. The van der Waals surface area contributed by atoms with Gasteiger partial charge in [-0.15, -0.1) is 0 Å². The molecule has 2 heterocycles. The van der Waals surface area contributed by atoms with Crippen molar-refractivity contribution >= 4 is 5.65 Å². The minimum atomic E-state index is -0.441. The number of nitrogens with zero attached hydrogens (tertiary/aromatic N) is 4. The molecule has 1 saturated carbocycles. The minimum Gasteiger partial charge on any atom is -0.390 e. The quantitative estimate of drug-likeness (QED) is 0.739. The van der Waals surface area contributed by atoms with E-state index in [0.717, 1.165) is 67.5 Å². The summed E-state index contributed by atoms with van der Waals surface area (Å²) in [5.74, 6) is 0. The van der Waals surface area contributed by atoms with Gasteiger partial charge >= 0.3 is 0 Å². The third-order valence-electron chi connectivity index (χ3n) is 5.44. The largest absolute Gasteiger partial charge is 0.390 e. The van der Waals surface area contributed by atoms with Gasteiger partial charge in [-0.05, 0) is 31.9 Å². The second kappa shape index (κ2) is 7.17. The number of fused-ring (bicyclic) bond motifs is 1. The molecule has 0 atom stereocenters. The molecule has 5 nitrogen and oxygen atoms in total. The highest BCUT2D eigenvalue weighted by molar-refractivity contribution is 5.76. The lowest BCUT2D eigenvalue weighted by molar-refractivity contribution is 0.0297. The van der Waals surface area contributed by atoms with E-state index in [0.29, 0.717) is 0 Å². The Labute approximate surface area is 154 Å². The monoisotopic (exact) mass is 350 g/mol. The van der Waals surface area contributed by atoms with Crippen molar-refractivity contribution in [1.82, 2.24) is 19.5 Å². The smallest absolute Gasteiger partial charge is 0.162 e. The Morgan fingerprint density at radius 3 is 2.69 bits per heavy atom. The maximum atomic E-state index is 10.5. The van der Waals surface area contributed by atoms with Gasteiger partial charge in [-0.25, -0.2) is 9.50 Å². The zero-order valence-corrected chi connectivity index (χ0v) is 15.3. The van der Waals surface area contributed by atoms with Gasteiger partial charge in [0.2, 0.25) is 0 Å². The minimum absolute atomic E-state index is 0.441. The number of rotatable bonds is 6. The van der Waals surface area contributed by atoms with Gasteiger partial charge in [0.05, 0.1) is 11.8 Å². The van der Waals surface area contributed by atoms with Crippen LogP contribution in [0.1, 0.15) is 37.7 Å². The first kappa shape index (κ1) is 17.2. The Morgan fingerprint density at radius 2 is 1.92 bits per heavy atom. The summed E-state index contributed by atoms with van der Waals surface area (Å²) < 4.78 is 1.86. The highest BCUT2D eigenvalue weighted by Crippen LogP contribution is 2.32. The van der Waals surface area contributed by atoms with Gasteiger partial charge in [0.1, 0.15) is 0 Å². The van der Waals surface area contributed by atoms with Crippen LogP contribution in [0.25, 0.3) is 16.8 Å². The number of benzene rings is 1. The zero-order valence-electron chi connectivity index (χ0n) is 15.3. The summed E-state index contributed by atoms with van der Waals surface area (Å²) in [7, 11) is 2.10. The molecule has 0 unspecified atom stereocenters. The molecule has 26 heavy (non-hydrogen) atoms. The highest BCUT2D eigenvalue weighted by atomic mass is 16.3. The summed E-state index contributed by atoms with van der Waals surface area (Å²) in [6, 6.07) is 10.2. The van der Waals surface area contributed by atoms with Gasteiger partial charge in [-0.1, -0.05) is 43.2 Å². The molecular weight excluding hydrogens is 324 g/mol. The number of aliphatic hydroxyl groups is 1. The topological polar surface area (TPSA) is 53.7 Å². The molecular formula is C21H26N4O. The van der Waals surface area contributed by atoms with E-state index in [1.54, 1.807) is 0 Å². The lowest BCUT2D eigenvalue weighted by Gasteiger charge is -2.25. The van der Waals surface area contributed by atoms with Gasteiger partial charge in [-0.3, -0.25) is 0 Å². The van der Waals surface area contributed by atoms with Crippen molar-refractivity contribution in [2.24, 2.45) is 0 Å². The van der Waals surface area contributed by atoms with Crippen LogP contribution < -0.4 is 0 Å². The average Bonchev–Trinajstić information content (AvgIpc) is 3.27. The molecule has 0 aliphatic heterocycles. The lowest BCUT2D eigenvalue weighted by atomic mass is 9.98. The van der Waals surface area contributed by atoms with Crippen LogP contribution in [0.2, 0.25) is 0 Å². The Balaban J connectivity index is 1.44. The summed E-state index contributed by atoms with van der Waals surface area (Å²) in [6.45, 7) is 1.70. The molecule has 3 aromatic rings. The van der Waals surface area contributed by atoms with Gasteiger partial charge in [0.25, 0.3) is 0 Å². The maximum absolute atomic E-state index is 10.5. The third-order valence-corrected chi connectivity index (χ3v) is 5.44. The molecule has 0 bridgehead atoms. The van der Waals surface area contributed by atoms with E-state index in [9.17, 15) is 5.11 Å². The Kier molecular flexibility index (Phi) is 4.74. The van der Waals surface area contributed by atoms with Crippen molar-refractivity contribution in [3.8, 4) is 11.1 Å². The van der Waals surface area contributed by atoms with Crippen molar-refractivity contribution < 1.29 is 5.11 Å². The van der Waals surface area contributed by atoms with Crippen LogP contribution in [0.3, 0.4) is 0 Å². The average molecular weight is 350 g/mol. The normalized spacial score (nSPS) is 16.6. The van der Waals surface area contributed by atoms with E-state index in [2.05, 4.69) is 40.4 Å². The summed E-state index contributed by atoms with van der Waals surface area (Å²) in [6.07, 6.45) is 10.9. The van der Waals surface area contributed by atoms with E-state index in [4.69, 9.17) is 0 Å². The van der Waals surface area contributed by atoms with Crippen LogP contribution in [0.4, 0.5) is 0 Å². The molecule has 1 fully saturated rings. The van der Waals surface area contributed by atoms with Crippen molar-refractivity contribution in [2.45, 2.75) is 44.2 Å². The fourth-order valence-electron chi connectivity index (χ4n) is 3.89. The number of aromatic nitrogens is 3. The summed E-state index contributed by atoms with van der Waals surface area (Å²) in [5, 5.41) is 15.0.